The molecule has 0 aliphatic heterocycles. The van der Waals surface area contributed by atoms with Gasteiger partial charge in [-0.25, -0.2) is 5.43 Å². The van der Waals surface area contributed by atoms with Crippen LogP contribution in [0.5, 0.6) is 5.75 Å². The van der Waals surface area contributed by atoms with Gasteiger partial charge in [0.15, 0.2) is 5.75 Å². The lowest BCUT2D eigenvalue weighted by molar-refractivity contribution is -0.385. The summed E-state index contributed by atoms with van der Waals surface area (Å²) in [6.07, 6.45) is 1.25. The molecule has 0 atom stereocenters. The number of nitro benzene ring substituents is 1. The smallest absolute Gasteiger partial charge is 0.311 e. The highest BCUT2D eigenvalue weighted by Gasteiger charge is 2.13. The van der Waals surface area contributed by atoms with Crippen LogP contribution in [0, 0.1) is 10.1 Å². The van der Waals surface area contributed by atoms with Crippen LogP contribution in [0.1, 0.15) is 15.9 Å². The summed E-state index contributed by atoms with van der Waals surface area (Å²) in [4.78, 5) is 21.9. The van der Waals surface area contributed by atoms with Crippen LogP contribution in [-0.4, -0.2) is 22.2 Å². The zero-order valence-electron chi connectivity index (χ0n) is 11.1. The highest BCUT2D eigenvalue weighted by Crippen LogP contribution is 2.25. The maximum Gasteiger partial charge on any atom is 0.311 e. The third-order valence-electron chi connectivity index (χ3n) is 2.69. The van der Waals surface area contributed by atoms with Gasteiger partial charge in [-0.2, -0.15) is 5.10 Å². The van der Waals surface area contributed by atoms with Crippen molar-refractivity contribution in [2.75, 3.05) is 0 Å². The Labute approximate surface area is 133 Å². The zero-order valence-corrected chi connectivity index (χ0v) is 12.6. The van der Waals surface area contributed by atoms with E-state index in [1.165, 1.54) is 18.3 Å². The molecule has 22 heavy (non-hydrogen) atoms. The van der Waals surface area contributed by atoms with Crippen LogP contribution in [0.25, 0.3) is 0 Å². The summed E-state index contributed by atoms with van der Waals surface area (Å²) in [5.41, 5.74) is 2.68. The number of nitrogens with zero attached hydrogens (tertiary/aromatic N) is 2. The fraction of sp³-hybridized carbons (Fsp3) is 0. The van der Waals surface area contributed by atoms with Gasteiger partial charge >= 0.3 is 5.69 Å². The Morgan fingerprint density at radius 1 is 1.32 bits per heavy atom. The fourth-order valence-electron chi connectivity index (χ4n) is 1.64. The third kappa shape index (κ3) is 3.67. The third-order valence-corrected chi connectivity index (χ3v) is 3.39. The number of nitrogens with one attached hydrogen (secondary N) is 1. The van der Waals surface area contributed by atoms with Crippen molar-refractivity contribution in [2.45, 2.75) is 0 Å². The normalized spacial score (nSPS) is 10.6. The molecule has 0 aromatic heterocycles. The summed E-state index contributed by atoms with van der Waals surface area (Å²) in [5.74, 6) is -0.851. The van der Waals surface area contributed by atoms with E-state index >= 15 is 0 Å². The van der Waals surface area contributed by atoms with E-state index in [2.05, 4.69) is 26.5 Å². The highest BCUT2D eigenvalue weighted by atomic mass is 79.9. The van der Waals surface area contributed by atoms with Gasteiger partial charge in [0.2, 0.25) is 0 Å². The largest absolute Gasteiger partial charge is 0.502 e. The molecule has 0 unspecified atom stereocenters. The number of amides is 1. The average molecular weight is 364 g/mol. The Morgan fingerprint density at radius 3 is 2.73 bits per heavy atom. The number of phenolic OH excluding ortho intramolecular Hbond substituents is 1. The molecule has 2 aromatic rings. The molecular formula is C14H10BrN3O4. The summed E-state index contributed by atoms with van der Waals surface area (Å²) in [6, 6.07) is 10.6. The molecule has 0 aliphatic carbocycles. The van der Waals surface area contributed by atoms with Gasteiger partial charge in [-0.3, -0.25) is 14.9 Å². The van der Waals surface area contributed by atoms with Gasteiger partial charge in [0.05, 0.1) is 16.7 Å². The SMILES string of the molecule is O=C(NN=Cc1ccc(O)c([N+](=O)[O-])c1)c1ccccc1Br. The Hall–Kier alpha value is -2.74. The van der Waals surface area contributed by atoms with E-state index in [1.807, 2.05) is 0 Å². The Kier molecular flexibility index (Phi) is 4.84. The predicted molar refractivity (Wildman–Crippen MR) is 84.0 cm³/mol. The van der Waals surface area contributed by atoms with Crippen molar-refractivity contribution in [3.8, 4) is 5.75 Å². The minimum atomic E-state index is -0.702. The van der Waals surface area contributed by atoms with Crippen LogP contribution in [0.4, 0.5) is 5.69 Å². The lowest BCUT2D eigenvalue weighted by atomic mass is 10.2. The Bertz CT molecular complexity index is 762. The summed E-state index contributed by atoms with van der Waals surface area (Å²) in [5, 5.41) is 23.8. The lowest BCUT2D eigenvalue weighted by Crippen LogP contribution is -2.18. The average Bonchev–Trinajstić information content (AvgIpc) is 2.49. The van der Waals surface area contributed by atoms with Crippen LogP contribution < -0.4 is 5.43 Å². The molecule has 0 saturated carbocycles. The van der Waals surface area contributed by atoms with Gasteiger partial charge in [0, 0.05) is 16.1 Å². The maximum atomic E-state index is 11.9. The van der Waals surface area contributed by atoms with Crippen molar-refractivity contribution in [1.29, 1.82) is 0 Å². The van der Waals surface area contributed by atoms with Crippen molar-refractivity contribution in [2.24, 2.45) is 5.10 Å². The molecule has 0 heterocycles. The number of hydrazone groups is 1. The van der Waals surface area contributed by atoms with E-state index in [0.717, 1.165) is 6.07 Å². The number of phenols is 1. The van der Waals surface area contributed by atoms with Gasteiger partial charge < -0.3 is 5.11 Å². The molecule has 7 nitrogen and oxygen atoms in total. The van der Waals surface area contributed by atoms with Crippen LogP contribution in [-0.2, 0) is 0 Å². The van der Waals surface area contributed by atoms with Gasteiger partial charge in [-0.15, -0.1) is 0 Å². The van der Waals surface area contributed by atoms with Crippen molar-refractivity contribution in [1.82, 2.24) is 5.43 Å². The highest BCUT2D eigenvalue weighted by molar-refractivity contribution is 9.10. The topological polar surface area (TPSA) is 105 Å². The Morgan fingerprint density at radius 2 is 2.05 bits per heavy atom. The number of aromatic hydroxyl groups is 1. The van der Waals surface area contributed by atoms with Crippen LogP contribution in [0.3, 0.4) is 0 Å². The standard InChI is InChI=1S/C14H10BrN3O4/c15-11-4-2-1-3-10(11)14(20)17-16-8-9-5-6-13(19)12(7-9)18(21)22/h1-8,19H,(H,17,20). The summed E-state index contributed by atoms with van der Waals surface area (Å²) in [6.45, 7) is 0. The number of hydrogen-bond acceptors (Lipinski definition) is 5. The second-order valence-corrected chi connectivity index (χ2v) is 5.04. The first kappa shape index (κ1) is 15.6. The quantitative estimate of drug-likeness (QED) is 0.494. The van der Waals surface area contributed by atoms with Crippen molar-refractivity contribution in [3.05, 3.63) is 68.2 Å². The molecular weight excluding hydrogens is 354 g/mol. The number of carbonyl (C=O) groups is 1. The number of carbonyl (C=O) groups excluding carboxylic acids is 1. The number of benzene rings is 2. The van der Waals surface area contributed by atoms with Crippen molar-refractivity contribution < 1.29 is 14.8 Å². The van der Waals surface area contributed by atoms with Crippen molar-refractivity contribution in [3.63, 3.8) is 0 Å². The van der Waals surface area contributed by atoms with Gasteiger partial charge in [0.25, 0.3) is 5.91 Å². The van der Waals surface area contributed by atoms with Gasteiger partial charge in [-0.1, -0.05) is 12.1 Å². The van der Waals surface area contributed by atoms with Crippen LogP contribution in [0.2, 0.25) is 0 Å². The molecule has 2 rings (SSSR count). The zero-order chi connectivity index (χ0) is 16.1. The van der Waals surface area contributed by atoms with E-state index in [4.69, 9.17) is 0 Å². The molecule has 0 saturated heterocycles. The molecule has 0 radical (unpaired) electrons. The number of rotatable bonds is 4. The molecule has 1 amide bonds. The monoisotopic (exact) mass is 363 g/mol. The van der Waals surface area contributed by atoms with E-state index in [1.54, 1.807) is 24.3 Å². The van der Waals surface area contributed by atoms with Gasteiger partial charge in [0.1, 0.15) is 0 Å². The Balaban J connectivity index is 2.10. The lowest BCUT2D eigenvalue weighted by Gasteiger charge is -2.02. The van der Waals surface area contributed by atoms with Crippen LogP contribution in [0.15, 0.2) is 52.0 Å². The number of hydrogen-bond donors (Lipinski definition) is 2. The molecule has 0 spiro atoms. The minimum Gasteiger partial charge on any atom is -0.502 e. The predicted octanol–water partition coefficient (Wildman–Crippen LogP) is 2.83. The van der Waals surface area contributed by atoms with E-state index < -0.39 is 22.3 Å². The summed E-state index contributed by atoms with van der Waals surface area (Å²) < 4.78 is 0.628. The molecule has 2 aromatic carbocycles. The number of nitro groups is 1. The fourth-order valence-corrected chi connectivity index (χ4v) is 2.10. The summed E-state index contributed by atoms with van der Waals surface area (Å²) >= 11 is 3.25. The number of halogens is 1. The minimum absolute atomic E-state index is 0.372. The first-order valence-corrected chi connectivity index (χ1v) is 6.83. The maximum absolute atomic E-state index is 11.9. The first-order valence-electron chi connectivity index (χ1n) is 6.04. The summed E-state index contributed by atoms with van der Waals surface area (Å²) in [7, 11) is 0. The second-order valence-electron chi connectivity index (χ2n) is 4.18. The molecule has 0 fully saturated rings. The molecule has 8 heteroatoms. The van der Waals surface area contributed by atoms with E-state index in [0.29, 0.717) is 15.6 Å². The second kappa shape index (κ2) is 6.81. The van der Waals surface area contributed by atoms with Gasteiger partial charge in [-0.05, 0) is 40.2 Å². The van der Waals surface area contributed by atoms with Crippen molar-refractivity contribution >= 4 is 33.7 Å². The van der Waals surface area contributed by atoms with E-state index in [9.17, 15) is 20.0 Å². The van der Waals surface area contributed by atoms with Crippen LogP contribution >= 0.6 is 15.9 Å². The van der Waals surface area contributed by atoms with E-state index in [-0.39, 0.29) is 0 Å². The molecule has 0 bridgehead atoms. The first-order chi connectivity index (χ1) is 10.5. The molecule has 2 N–H and O–H groups in total. The molecule has 0 aliphatic rings. The molecule has 112 valence electrons.